The van der Waals surface area contributed by atoms with Gasteiger partial charge in [-0.25, -0.2) is 4.39 Å². The largest absolute Gasteiger partial charge is 0.496 e. The SMILES string of the molecule is COc1ccc(F)c2c1CSC(C)C[C@@H]2N. The summed E-state index contributed by atoms with van der Waals surface area (Å²) in [7, 11) is 1.61. The standard InChI is InChI=1S/C12H16FNOS/c1-7-5-10(14)12-8(6-16-7)11(15-2)4-3-9(12)13/h3-4,7,10H,5-6,14H2,1-2H3/t7?,10-/m0/s1. The van der Waals surface area contributed by atoms with Crippen molar-refractivity contribution in [3.05, 3.63) is 29.1 Å². The van der Waals surface area contributed by atoms with Crippen molar-refractivity contribution >= 4 is 11.8 Å². The number of hydrogen-bond donors (Lipinski definition) is 1. The molecule has 16 heavy (non-hydrogen) atoms. The molecule has 1 aromatic rings. The third-order valence-corrected chi connectivity index (χ3v) is 4.17. The average molecular weight is 241 g/mol. The smallest absolute Gasteiger partial charge is 0.128 e. The van der Waals surface area contributed by atoms with E-state index in [1.54, 1.807) is 24.9 Å². The van der Waals surface area contributed by atoms with Crippen LogP contribution in [-0.4, -0.2) is 12.4 Å². The Morgan fingerprint density at radius 2 is 2.25 bits per heavy atom. The average Bonchev–Trinajstić information content (AvgIpc) is 2.39. The lowest BCUT2D eigenvalue weighted by Gasteiger charge is -2.16. The van der Waals surface area contributed by atoms with E-state index in [0.717, 1.165) is 23.5 Å². The van der Waals surface area contributed by atoms with Gasteiger partial charge in [-0.05, 0) is 18.6 Å². The molecule has 0 bridgehead atoms. The first-order valence-corrected chi connectivity index (χ1v) is 6.40. The van der Waals surface area contributed by atoms with Crippen LogP contribution in [0.1, 0.15) is 30.5 Å². The second-order valence-electron chi connectivity index (χ2n) is 4.11. The van der Waals surface area contributed by atoms with Crippen molar-refractivity contribution in [2.45, 2.75) is 30.4 Å². The number of nitrogens with two attached hydrogens (primary N) is 1. The number of rotatable bonds is 1. The second kappa shape index (κ2) is 4.63. The lowest BCUT2D eigenvalue weighted by molar-refractivity contribution is 0.408. The Morgan fingerprint density at radius 3 is 2.94 bits per heavy atom. The monoisotopic (exact) mass is 241 g/mol. The molecule has 0 amide bonds. The molecule has 0 fully saturated rings. The number of ether oxygens (including phenoxy) is 1. The van der Waals surface area contributed by atoms with E-state index in [0.29, 0.717) is 10.8 Å². The van der Waals surface area contributed by atoms with Gasteiger partial charge < -0.3 is 10.5 Å². The summed E-state index contributed by atoms with van der Waals surface area (Å²) in [6.07, 6.45) is 0.807. The van der Waals surface area contributed by atoms with Crippen molar-refractivity contribution in [3.8, 4) is 5.75 Å². The summed E-state index contributed by atoms with van der Waals surface area (Å²) in [6, 6.07) is 2.89. The topological polar surface area (TPSA) is 35.2 Å². The fourth-order valence-electron chi connectivity index (χ4n) is 2.13. The minimum Gasteiger partial charge on any atom is -0.496 e. The quantitative estimate of drug-likeness (QED) is 0.821. The molecular weight excluding hydrogens is 225 g/mol. The van der Waals surface area contributed by atoms with Crippen molar-refractivity contribution < 1.29 is 9.13 Å². The molecule has 1 unspecified atom stereocenters. The molecule has 1 aliphatic heterocycles. The van der Waals surface area contributed by atoms with Gasteiger partial charge in [-0.15, -0.1) is 0 Å². The van der Waals surface area contributed by atoms with Crippen LogP contribution in [0.5, 0.6) is 5.75 Å². The first kappa shape index (κ1) is 11.7. The lowest BCUT2D eigenvalue weighted by Crippen LogP contribution is -2.16. The van der Waals surface area contributed by atoms with E-state index in [2.05, 4.69) is 6.92 Å². The van der Waals surface area contributed by atoms with Crippen LogP contribution < -0.4 is 10.5 Å². The maximum absolute atomic E-state index is 13.8. The molecule has 1 aromatic carbocycles. The Bertz CT molecular complexity index is 397. The van der Waals surface area contributed by atoms with Gasteiger partial charge in [0.2, 0.25) is 0 Å². The summed E-state index contributed by atoms with van der Waals surface area (Å²) in [6.45, 7) is 2.13. The van der Waals surface area contributed by atoms with E-state index in [-0.39, 0.29) is 11.9 Å². The summed E-state index contributed by atoms with van der Waals surface area (Å²) < 4.78 is 19.1. The highest BCUT2D eigenvalue weighted by atomic mass is 32.2. The van der Waals surface area contributed by atoms with Gasteiger partial charge in [0.1, 0.15) is 11.6 Å². The van der Waals surface area contributed by atoms with E-state index in [9.17, 15) is 4.39 Å². The van der Waals surface area contributed by atoms with Gasteiger partial charge >= 0.3 is 0 Å². The van der Waals surface area contributed by atoms with Gasteiger partial charge in [0, 0.05) is 28.2 Å². The summed E-state index contributed by atoms with van der Waals surface area (Å²) in [4.78, 5) is 0. The molecule has 0 spiro atoms. The van der Waals surface area contributed by atoms with Crippen molar-refractivity contribution in [2.75, 3.05) is 7.11 Å². The molecule has 0 saturated carbocycles. The zero-order chi connectivity index (χ0) is 11.7. The molecule has 4 heteroatoms. The highest BCUT2D eigenvalue weighted by Gasteiger charge is 2.25. The molecule has 2 nitrogen and oxygen atoms in total. The minimum absolute atomic E-state index is 0.210. The van der Waals surface area contributed by atoms with Crippen LogP contribution in [0.3, 0.4) is 0 Å². The highest BCUT2D eigenvalue weighted by Crippen LogP contribution is 2.39. The van der Waals surface area contributed by atoms with Gasteiger partial charge in [0.05, 0.1) is 7.11 Å². The zero-order valence-corrected chi connectivity index (χ0v) is 10.3. The van der Waals surface area contributed by atoms with Crippen LogP contribution in [0.4, 0.5) is 4.39 Å². The van der Waals surface area contributed by atoms with Crippen LogP contribution in [0.2, 0.25) is 0 Å². The molecule has 2 N–H and O–H groups in total. The predicted octanol–water partition coefficient (Wildman–Crippen LogP) is 2.86. The zero-order valence-electron chi connectivity index (χ0n) is 9.50. The fourth-order valence-corrected chi connectivity index (χ4v) is 3.22. The summed E-state index contributed by atoms with van der Waals surface area (Å²) in [5, 5.41) is 0.450. The molecule has 0 radical (unpaired) electrons. The van der Waals surface area contributed by atoms with Crippen LogP contribution in [0.25, 0.3) is 0 Å². The molecule has 0 saturated heterocycles. The molecule has 1 heterocycles. The maximum Gasteiger partial charge on any atom is 0.128 e. The molecular formula is C12H16FNOS. The molecule has 88 valence electrons. The molecule has 1 aliphatic rings. The van der Waals surface area contributed by atoms with E-state index in [1.807, 2.05) is 0 Å². The number of halogens is 1. The summed E-state index contributed by atoms with van der Waals surface area (Å²) in [5.74, 6) is 1.30. The summed E-state index contributed by atoms with van der Waals surface area (Å²) in [5.41, 5.74) is 7.61. The third-order valence-electron chi connectivity index (χ3n) is 2.95. The van der Waals surface area contributed by atoms with Gasteiger partial charge in [-0.3, -0.25) is 0 Å². The number of methoxy groups -OCH3 is 1. The van der Waals surface area contributed by atoms with Crippen LogP contribution >= 0.6 is 11.8 Å². The van der Waals surface area contributed by atoms with E-state index >= 15 is 0 Å². The number of thioether (sulfide) groups is 1. The second-order valence-corrected chi connectivity index (χ2v) is 5.53. The Hall–Kier alpha value is -0.740. The highest BCUT2D eigenvalue weighted by molar-refractivity contribution is 7.99. The first-order chi connectivity index (χ1) is 7.63. The summed E-state index contributed by atoms with van der Waals surface area (Å²) >= 11 is 1.80. The molecule has 0 aliphatic carbocycles. The Balaban J connectivity index is 2.52. The van der Waals surface area contributed by atoms with Crippen LogP contribution in [0, 0.1) is 5.82 Å². The van der Waals surface area contributed by atoms with Crippen LogP contribution in [0.15, 0.2) is 12.1 Å². The molecule has 2 rings (SSSR count). The maximum atomic E-state index is 13.8. The van der Waals surface area contributed by atoms with E-state index in [4.69, 9.17) is 10.5 Å². The van der Waals surface area contributed by atoms with E-state index < -0.39 is 0 Å². The van der Waals surface area contributed by atoms with Crippen molar-refractivity contribution in [1.29, 1.82) is 0 Å². The first-order valence-electron chi connectivity index (χ1n) is 5.36. The Morgan fingerprint density at radius 1 is 1.50 bits per heavy atom. The van der Waals surface area contributed by atoms with Gasteiger partial charge in [-0.1, -0.05) is 6.92 Å². The third kappa shape index (κ3) is 2.04. The van der Waals surface area contributed by atoms with E-state index in [1.165, 1.54) is 6.07 Å². The fraction of sp³-hybridized carbons (Fsp3) is 0.500. The molecule has 2 atom stereocenters. The van der Waals surface area contributed by atoms with Crippen molar-refractivity contribution in [2.24, 2.45) is 5.73 Å². The number of fused-ring (bicyclic) bond motifs is 1. The normalized spacial score (nSPS) is 24.8. The van der Waals surface area contributed by atoms with Gasteiger partial charge in [0.25, 0.3) is 0 Å². The van der Waals surface area contributed by atoms with Crippen molar-refractivity contribution in [3.63, 3.8) is 0 Å². The van der Waals surface area contributed by atoms with Crippen LogP contribution in [-0.2, 0) is 5.75 Å². The minimum atomic E-state index is -0.227. The molecule has 0 aromatic heterocycles. The number of benzene rings is 1. The van der Waals surface area contributed by atoms with Gasteiger partial charge in [0.15, 0.2) is 0 Å². The lowest BCUT2D eigenvalue weighted by atomic mass is 9.97. The number of hydrogen-bond acceptors (Lipinski definition) is 3. The van der Waals surface area contributed by atoms with Crippen molar-refractivity contribution in [1.82, 2.24) is 0 Å². The predicted molar refractivity (Wildman–Crippen MR) is 65.3 cm³/mol. The van der Waals surface area contributed by atoms with Gasteiger partial charge in [-0.2, -0.15) is 11.8 Å². The Kier molecular flexibility index (Phi) is 3.40. The Labute approximate surface area is 99.4 Å².